The smallest absolute Gasteiger partial charge is 0.323 e. The van der Waals surface area contributed by atoms with Crippen LogP contribution in [-0.4, -0.2) is 54.7 Å². The van der Waals surface area contributed by atoms with E-state index in [0.717, 1.165) is 16.7 Å². The molecule has 3 aromatic rings. The summed E-state index contributed by atoms with van der Waals surface area (Å²) < 4.78 is 10.2. The Morgan fingerprint density at radius 2 is 1.76 bits per heavy atom. The van der Waals surface area contributed by atoms with Crippen molar-refractivity contribution < 1.29 is 24.2 Å². The number of nitrogens with one attached hydrogen (secondary N) is 1. The number of methoxy groups -OCH3 is 2. The molecule has 1 amide bonds. The van der Waals surface area contributed by atoms with Crippen molar-refractivity contribution in [3.05, 3.63) is 83.9 Å². The van der Waals surface area contributed by atoms with E-state index >= 15 is 0 Å². The van der Waals surface area contributed by atoms with Gasteiger partial charge in [-0.2, -0.15) is 0 Å². The Morgan fingerprint density at radius 1 is 1.03 bits per heavy atom. The maximum atomic E-state index is 13.2. The zero-order valence-corrected chi connectivity index (χ0v) is 19.2. The van der Waals surface area contributed by atoms with Gasteiger partial charge in [0.2, 0.25) is 0 Å². The van der Waals surface area contributed by atoms with Crippen molar-refractivity contribution >= 4 is 11.9 Å². The number of amides is 1. The molecule has 1 aliphatic rings. The number of hydrogen-bond acceptors (Lipinski definition) is 6. The van der Waals surface area contributed by atoms with Gasteiger partial charge in [-0.1, -0.05) is 54.6 Å². The van der Waals surface area contributed by atoms with Crippen LogP contribution < -0.4 is 10.1 Å². The van der Waals surface area contributed by atoms with E-state index in [1.54, 1.807) is 18.2 Å². The van der Waals surface area contributed by atoms with E-state index in [2.05, 4.69) is 5.32 Å². The number of nitrogens with zero attached hydrogens (tertiary/aromatic N) is 1. The number of hydrogen-bond donors (Lipinski definition) is 2. The van der Waals surface area contributed by atoms with E-state index in [4.69, 9.17) is 9.47 Å². The number of esters is 1. The van der Waals surface area contributed by atoms with E-state index in [-0.39, 0.29) is 23.7 Å². The highest BCUT2D eigenvalue weighted by atomic mass is 16.5. The summed E-state index contributed by atoms with van der Waals surface area (Å²) in [5.74, 6) is -0.0958. The highest BCUT2D eigenvalue weighted by molar-refractivity contribution is 6.01. The first-order valence-corrected chi connectivity index (χ1v) is 11.1. The van der Waals surface area contributed by atoms with Gasteiger partial charge in [0, 0.05) is 24.7 Å². The highest BCUT2D eigenvalue weighted by Gasteiger charge is 2.38. The Morgan fingerprint density at radius 3 is 2.50 bits per heavy atom. The molecule has 7 nitrogen and oxygen atoms in total. The van der Waals surface area contributed by atoms with Crippen LogP contribution in [0.3, 0.4) is 0 Å². The predicted octanol–water partition coefficient (Wildman–Crippen LogP) is 3.61. The number of rotatable bonds is 7. The van der Waals surface area contributed by atoms with Crippen LogP contribution in [-0.2, 0) is 16.1 Å². The molecule has 0 saturated carbocycles. The van der Waals surface area contributed by atoms with Crippen LogP contribution in [0.15, 0.2) is 72.8 Å². The number of carbonyl (C=O) groups is 2. The molecule has 0 aromatic heterocycles. The first kappa shape index (κ1) is 23.3. The molecule has 4 rings (SSSR count). The summed E-state index contributed by atoms with van der Waals surface area (Å²) >= 11 is 0. The van der Waals surface area contributed by atoms with E-state index in [1.165, 1.54) is 14.2 Å². The quantitative estimate of drug-likeness (QED) is 0.524. The molecule has 1 saturated heterocycles. The normalized spacial score (nSPS) is 17.8. The molecule has 0 unspecified atom stereocenters. The lowest BCUT2D eigenvalue weighted by atomic mass is 9.99. The molecule has 1 heterocycles. The molecule has 0 bridgehead atoms. The molecular formula is C27H28N2O5. The molecule has 2 atom stereocenters. The van der Waals surface area contributed by atoms with E-state index in [1.807, 2.05) is 59.5 Å². The number of phenolic OH excluding ortho intramolecular Hbond substituents is 1. The molecule has 176 valence electrons. The number of carbonyl (C=O) groups excluding carboxylic acids is 2. The van der Waals surface area contributed by atoms with Gasteiger partial charge in [0.1, 0.15) is 6.04 Å². The monoisotopic (exact) mass is 460 g/mol. The number of phenols is 1. The second kappa shape index (κ2) is 10.4. The number of benzene rings is 3. The third-order valence-electron chi connectivity index (χ3n) is 6.10. The molecule has 1 aliphatic heterocycles. The van der Waals surface area contributed by atoms with Crippen molar-refractivity contribution in [3.63, 3.8) is 0 Å². The Labute approximate surface area is 198 Å². The molecule has 3 aromatic carbocycles. The minimum absolute atomic E-state index is 0.0550. The first-order chi connectivity index (χ1) is 16.5. The number of ether oxygens (including phenoxy) is 2. The van der Waals surface area contributed by atoms with Crippen molar-refractivity contribution in [2.24, 2.45) is 0 Å². The first-order valence-electron chi connectivity index (χ1n) is 11.1. The highest BCUT2D eigenvalue weighted by Crippen LogP contribution is 2.29. The fourth-order valence-corrected chi connectivity index (χ4v) is 4.43. The average molecular weight is 461 g/mol. The number of likely N-dealkylation sites (tertiary alicyclic amines) is 1. The Kier molecular flexibility index (Phi) is 7.13. The van der Waals surface area contributed by atoms with Gasteiger partial charge in [0.05, 0.1) is 14.2 Å². The van der Waals surface area contributed by atoms with Crippen LogP contribution in [0.1, 0.15) is 22.3 Å². The molecule has 1 fully saturated rings. The van der Waals surface area contributed by atoms with Gasteiger partial charge in [-0.05, 0) is 41.3 Å². The summed E-state index contributed by atoms with van der Waals surface area (Å²) in [6, 6.07) is 21.7. The van der Waals surface area contributed by atoms with Crippen LogP contribution in [0.4, 0.5) is 0 Å². The van der Waals surface area contributed by atoms with E-state index < -0.39 is 6.04 Å². The van der Waals surface area contributed by atoms with Gasteiger partial charge in [-0.15, -0.1) is 0 Å². The summed E-state index contributed by atoms with van der Waals surface area (Å²) in [6.45, 7) is 0.936. The summed E-state index contributed by atoms with van der Waals surface area (Å²) in [5.41, 5.74) is 3.29. The summed E-state index contributed by atoms with van der Waals surface area (Å²) in [6.07, 6.45) is 0.446. The van der Waals surface area contributed by atoms with E-state index in [9.17, 15) is 14.7 Å². The van der Waals surface area contributed by atoms with Gasteiger partial charge in [0.15, 0.2) is 11.5 Å². The number of aromatic hydroxyl groups is 1. The van der Waals surface area contributed by atoms with Gasteiger partial charge in [-0.3, -0.25) is 14.5 Å². The molecule has 2 N–H and O–H groups in total. The fraction of sp³-hybridized carbons (Fsp3) is 0.259. The zero-order chi connectivity index (χ0) is 24.1. The zero-order valence-electron chi connectivity index (χ0n) is 19.2. The van der Waals surface area contributed by atoms with Gasteiger partial charge < -0.3 is 19.9 Å². The summed E-state index contributed by atoms with van der Waals surface area (Å²) in [5, 5.41) is 13.0. The topological polar surface area (TPSA) is 88.1 Å². The standard InChI is InChI=1S/C27H28N2O5/c1-33-25-14-18(12-13-24(25)30)16-29-17-20(15-23(29)27(32)34-2)28-26(31)22-11-7-6-10-21(22)19-8-4-3-5-9-19/h3-14,20,23,30H,15-17H2,1-2H3,(H,28,31)/t20-,23-/m0/s1. The third-order valence-corrected chi connectivity index (χ3v) is 6.10. The molecule has 0 spiro atoms. The molecular weight excluding hydrogens is 432 g/mol. The van der Waals surface area contributed by atoms with Crippen molar-refractivity contribution in [1.29, 1.82) is 0 Å². The van der Waals surface area contributed by atoms with E-state index in [0.29, 0.717) is 30.8 Å². The van der Waals surface area contributed by atoms with Crippen molar-refractivity contribution in [2.45, 2.75) is 25.0 Å². The Hall–Kier alpha value is -3.84. The molecule has 0 radical (unpaired) electrons. The predicted molar refractivity (Wildman–Crippen MR) is 129 cm³/mol. The minimum Gasteiger partial charge on any atom is -0.504 e. The third kappa shape index (κ3) is 5.05. The lowest BCUT2D eigenvalue weighted by Crippen LogP contribution is -2.37. The van der Waals surface area contributed by atoms with Crippen LogP contribution in [0.5, 0.6) is 11.5 Å². The minimum atomic E-state index is -0.487. The lowest BCUT2D eigenvalue weighted by molar-refractivity contribution is -0.146. The SMILES string of the molecule is COC(=O)[C@@H]1C[C@H](NC(=O)c2ccccc2-c2ccccc2)CN1Cc1ccc(O)c(OC)c1. The molecule has 7 heteroatoms. The summed E-state index contributed by atoms with van der Waals surface area (Å²) in [4.78, 5) is 27.7. The molecule has 34 heavy (non-hydrogen) atoms. The Balaban J connectivity index is 1.51. The van der Waals surface area contributed by atoms with Crippen molar-refractivity contribution in [2.75, 3.05) is 20.8 Å². The largest absolute Gasteiger partial charge is 0.504 e. The van der Waals surface area contributed by atoms with Gasteiger partial charge in [-0.25, -0.2) is 0 Å². The van der Waals surface area contributed by atoms with Gasteiger partial charge >= 0.3 is 5.97 Å². The maximum absolute atomic E-state index is 13.2. The van der Waals surface area contributed by atoms with Gasteiger partial charge in [0.25, 0.3) is 5.91 Å². The van der Waals surface area contributed by atoms with Crippen molar-refractivity contribution in [3.8, 4) is 22.6 Å². The lowest BCUT2D eigenvalue weighted by Gasteiger charge is -2.22. The fourth-order valence-electron chi connectivity index (χ4n) is 4.43. The second-order valence-corrected chi connectivity index (χ2v) is 8.29. The van der Waals surface area contributed by atoms with Crippen LogP contribution in [0.2, 0.25) is 0 Å². The van der Waals surface area contributed by atoms with Crippen LogP contribution in [0.25, 0.3) is 11.1 Å². The van der Waals surface area contributed by atoms with Crippen LogP contribution in [0, 0.1) is 0 Å². The Bertz CT molecular complexity index is 1160. The average Bonchev–Trinajstić information content (AvgIpc) is 3.27. The molecule has 0 aliphatic carbocycles. The maximum Gasteiger partial charge on any atom is 0.323 e. The second-order valence-electron chi connectivity index (χ2n) is 8.29. The van der Waals surface area contributed by atoms with Crippen LogP contribution >= 0.6 is 0 Å². The summed E-state index contributed by atoms with van der Waals surface area (Å²) in [7, 11) is 2.86. The van der Waals surface area contributed by atoms with Crippen molar-refractivity contribution in [1.82, 2.24) is 10.2 Å².